The number of carbonyl (C=O) groups excluding carboxylic acids is 4. The number of carbonyl (C=O) groups is 4. The van der Waals surface area contributed by atoms with Gasteiger partial charge >= 0.3 is 19.8 Å². The van der Waals surface area contributed by atoms with Crippen molar-refractivity contribution >= 4 is 31.6 Å². The Bertz CT molecular complexity index is 984. The standard InChI is InChI=1S/C41H79N2O10P/c1-3-5-7-9-11-13-15-17-19-21-23-25-27-29-40(46)50-35-37(36-52-54(48,49)51-34-33-43-39(45)32-31-38(42)44)53-41(47)30-28-26-24-22-20-18-16-14-12-10-8-6-4-2/h37H,3-36H2,1-2H3,(H2,42,44)(H,43,45)(H,48,49)/t37-/m1/s1. The Morgan fingerprint density at radius 2 is 0.963 bits per heavy atom. The monoisotopic (exact) mass is 791 g/mol. The van der Waals surface area contributed by atoms with Crippen molar-refractivity contribution in [2.24, 2.45) is 5.73 Å². The number of unbranched alkanes of at least 4 members (excludes halogenated alkanes) is 24. The van der Waals surface area contributed by atoms with E-state index in [1.54, 1.807) is 0 Å². The smallest absolute Gasteiger partial charge is 0.462 e. The van der Waals surface area contributed by atoms with Gasteiger partial charge in [0, 0.05) is 32.2 Å². The Balaban J connectivity index is 4.49. The van der Waals surface area contributed by atoms with Crippen molar-refractivity contribution in [3.63, 3.8) is 0 Å². The van der Waals surface area contributed by atoms with Crippen LogP contribution in [0.4, 0.5) is 0 Å². The Kier molecular flexibility index (Phi) is 36.5. The van der Waals surface area contributed by atoms with Crippen molar-refractivity contribution in [3.05, 3.63) is 0 Å². The molecule has 0 aromatic rings. The van der Waals surface area contributed by atoms with Crippen molar-refractivity contribution in [2.75, 3.05) is 26.4 Å². The fraction of sp³-hybridized carbons (Fsp3) is 0.902. The molecule has 0 radical (unpaired) electrons. The minimum absolute atomic E-state index is 0.0974. The molecule has 0 aromatic carbocycles. The van der Waals surface area contributed by atoms with Crippen molar-refractivity contribution in [3.8, 4) is 0 Å². The third-order valence-corrected chi connectivity index (χ3v) is 10.4. The predicted octanol–water partition coefficient (Wildman–Crippen LogP) is 9.92. The Morgan fingerprint density at radius 3 is 1.39 bits per heavy atom. The van der Waals surface area contributed by atoms with E-state index in [1.807, 2.05) is 0 Å². The lowest BCUT2D eigenvalue weighted by molar-refractivity contribution is -0.161. The quantitative estimate of drug-likeness (QED) is 0.0306. The van der Waals surface area contributed by atoms with Gasteiger partial charge in [0.05, 0.1) is 13.2 Å². The van der Waals surface area contributed by atoms with Gasteiger partial charge < -0.3 is 25.4 Å². The third-order valence-electron chi connectivity index (χ3n) is 9.40. The van der Waals surface area contributed by atoms with E-state index in [0.717, 1.165) is 38.5 Å². The normalized spacial score (nSPS) is 12.9. The average molecular weight is 791 g/mol. The maximum absolute atomic E-state index is 12.7. The van der Waals surface area contributed by atoms with Gasteiger partial charge in [-0.25, -0.2) is 4.57 Å². The number of phosphoric acid groups is 1. The summed E-state index contributed by atoms with van der Waals surface area (Å²) in [5, 5.41) is 2.44. The van der Waals surface area contributed by atoms with Crippen LogP contribution in [0.15, 0.2) is 0 Å². The molecule has 0 spiro atoms. The van der Waals surface area contributed by atoms with Crippen LogP contribution >= 0.6 is 7.82 Å². The zero-order chi connectivity index (χ0) is 40.0. The number of nitrogens with one attached hydrogen (secondary N) is 1. The highest BCUT2D eigenvalue weighted by Crippen LogP contribution is 2.43. The van der Waals surface area contributed by atoms with E-state index in [0.29, 0.717) is 12.8 Å². The number of esters is 2. The molecule has 0 bridgehead atoms. The number of nitrogens with two attached hydrogens (primary N) is 1. The first-order valence-corrected chi connectivity index (χ1v) is 23.1. The van der Waals surface area contributed by atoms with Crippen molar-refractivity contribution in [1.82, 2.24) is 5.32 Å². The van der Waals surface area contributed by atoms with Crippen LogP contribution in [-0.2, 0) is 42.3 Å². The van der Waals surface area contributed by atoms with Crippen molar-refractivity contribution in [2.45, 2.75) is 213 Å². The number of rotatable bonds is 41. The molecule has 13 heteroatoms. The van der Waals surface area contributed by atoms with Crippen LogP contribution in [-0.4, -0.2) is 61.1 Å². The van der Waals surface area contributed by atoms with Crippen molar-refractivity contribution < 1.29 is 47.2 Å². The van der Waals surface area contributed by atoms with Gasteiger partial charge in [-0.2, -0.15) is 0 Å². The maximum atomic E-state index is 12.7. The molecule has 54 heavy (non-hydrogen) atoms. The lowest BCUT2D eigenvalue weighted by atomic mass is 10.0. The Labute approximate surface area is 328 Å². The molecular formula is C41H79N2O10P. The molecule has 0 rings (SSSR count). The summed E-state index contributed by atoms with van der Waals surface area (Å²) in [5.41, 5.74) is 5.03. The lowest BCUT2D eigenvalue weighted by Crippen LogP contribution is -2.30. The molecule has 0 heterocycles. The van der Waals surface area contributed by atoms with E-state index in [2.05, 4.69) is 19.2 Å². The molecule has 0 fully saturated rings. The van der Waals surface area contributed by atoms with E-state index in [-0.39, 0.29) is 45.4 Å². The van der Waals surface area contributed by atoms with Crippen LogP contribution in [0, 0.1) is 0 Å². The maximum Gasteiger partial charge on any atom is 0.472 e. The number of hydrogen-bond donors (Lipinski definition) is 3. The second-order valence-electron chi connectivity index (χ2n) is 14.7. The van der Waals surface area contributed by atoms with Crippen LogP contribution in [0.1, 0.15) is 206 Å². The van der Waals surface area contributed by atoms with Gasteiger partial charge in [0.15, 0.2) is 6.10 Å². The molecule has 12 nitrogen and oxygen atoms in total. The first kappa shape index (κ1) is 52.0. The Hall–Kier alpha value is -2.01. The molecule has 1 unspecified atom stereocenters. The minimum atomic E-state index is -4.58. The highest BCUT2D eigenvalue weighted by atomic mass is 31.2. The lowest BCUT2D eigenvalue weighted by Gasteiger charge is -2.20. The van der Waals surface area contributed by atoms with Crippen LogP contribution < -0.4 is 11.1 Å². The van der Waals surface area contributed by atoms with Gasteiger partial charge in [-0.15, -0.1) is 0 Å². The van der Waals surface area contributed by atoms with Crippen LogP contribution in [0.3, 0.4) is 0 Å². The summed E-state index contributed by atoms with van der Waals surface area (Å²) in [7, 11) is -4.58. The van der Waals surface area contributed by atoms with Crippen LogP contribution in [0.2, 0.25) is 0 Å². The summed E-state index contributed by atoms with van der Waals surface area (Å²) in [4.78, 5) is 57.7. The predicted molar refractivity (Wildman–Crippen MR) is 215 cm³/mol. The van der Waals surface area contributed by atoms with E-state index in [1.165, 1.54) is 116 Å². The highest BCUT2D eigenvalue weighted by molar-refractivity contribution is 7.47. The fourth-order valence-electron chi connectivity index (χ4n) is 6.08. The second kappa shape index (κ2) is 37.9. The van der Waals surface area contributed by atoms with Crippen LogP contribution in [0.5, 0.6) is 0 Å². The zero-order valence-corrected chi connectivity index (χ0v) is 35.2. The number of ether oxygens (including phenoxy) is 2. The summed E-state index contributed by atoms with van der Waals surface area (Å²) >= 11 is 0. The SMILES string of the molecule is CCCCCCCCCCCCCCCC(=O)OC[C@H](COP(=O)(O)OCCNC(=O)CCC(N)=O)OC(=O)CCCCCCCCCCCCCCC. The molecule has 0 aliphatic rings. The molecule has 4 N–H and O–H groups in total. The topological polar surface area (TPSA) is 181 Å². The molecular weight excluding hydrogens is 711 g/mol. The van der Waals surface area contributed by atoms with E-state index >= 15 is 0 Å². The molecule has 0 saturated heterocycles. The largest absolute Gasteiger partial charge is 0.472 e. The van der Waals surface area contributed by atoms with E-state index in [9.17, 15) is 28.6 Å². The second-order valence-corrected chi connectivity index (χ2v) is 16.1. The molecule has 0 aliphatic carbocycles. The summed E-state index contributed by atoms with van der Waals surface area (Å²) < 4.78 is 33.3. The van der Waals surface area contributed by atoms with Gasteiger partial charge in [0.1, 0.15) is 6.61 Å². The summed E-state index contributed by atoms with van der Waals surface area (Å²) in [6, 6.07) is 0. The molecule has 318 valence electrons. The van der Waals surface area contributed by atoms with Gasteiger partial charge in [-0.1, -0.05) is 168 Å². The molecule has 2 atom stereocenters. The van der Waals surface area contributed by atoms with Gasteiger partial charge in [0.2, 0.25) is 11.8 Å². The fourth-order valence-corrected chi connectivity index (χ4v) is 6.84. The molecule has 0 saturated carbocycles. The first-order valence-electron chi connectivity index (χ1n) is 21.6. The number of phosphoric ester groups is 1. The summed E-state index contributed by atoms with van der Waals surface area (Å²) in [6.07, 6.45) is 30.2. The van der Waals surface area contributed by atoms with Gasteiger partial charge in [-0.3, -0.25) is 28.2 Å². The van der Waals surface area contributed by atoms with Crippen molar-refractivity contribution in [1.29, 1.82) is 0 Å². The van der Waals surface area contributed by atoms with Crippen LogP contribution in [0.25, 0.3) is 0 Å². The molecule has 0 aliphatic heterocycles. The zero-order valence-electron chi connectivity index (χ0n) is 34.3. The number of amides is 2. The molecule has 0 aromatic heterocycles. The Morgan fingerprint density at radius 1 is 0.556 bits per heavy atom. The van der Waals surface area contributed by atoms with E-state index < -0.39 is 44.3 Å². The minimum Gasteiger partial charge on any atom is -0.462 e. The summed E-state index contributed by atoms with van der Waals surface area (Å²) in [5.74, 6) is -1.99. The van der Waals surface area contributed by atoms with Gasteiger partial charge in [0.25, 0.3) is 0 Å². The number of hydrogen-bond acceptors (Lipinski definition) is 9. The first-order chi connectivity index (χ1) is 26.1. The molecule has 2 amide bonds. The van der Waals surface area contributed by atoms with Gasteiger partial charge in [-0.05, 0) is 12.8 Å². The summed E-state index contributed by atoms with van der Waals surface area (Å²) in [6.45, 7) is 3.21. The number of primary amides is 1. The highest BCUT2D eigenvalue weighted by Gasteiger charge is 2.26. The van der Waals surface area contributed by atoms with E-state index in [4.69, 9.17) is 24.3 Å². The third kappa shape index (κ3) is 38.3. The average Bonchev–Trinajstić information content (AvgIpc) is 3.14.